The first-order valence-electron chi connectivity index (χ1n) is 8.20. The van der Waals surface area contributed by atoms with Gasteiger partial charge in [-0.25, -0.2) is 0 Å². The van der Waals surface area contributed by atoms with E-state index >= 15 is 0 Å². The van der Waals surface area contributed by atoms with Gasteiger partial charge in [0.25, 0.3) is 11.6 Å². The molecule has 3 aromatic rings. The third kappa shape index (κ3) is 4.12. The molecular formula is C19H17ClN4O4. The summed E-state index contributed by atoms with van der Waals surface area (Å²) in [7, 11) is 5.06. The number of hydrogen-bond donors (Lipinski definition) is 0. The number of nitro groups is 1. The van der Waals surface area contributed by atoms with E-state index in [-0.39, 0.29) is 16.6 Å². The van der Waals surface area contributed by atoms with Crippen LogP contribution in [0.5, 0.6) is 5.75 Å². The predicted octanol–water partition coefficient (Wildman–Crippen LogP) is 4.46. The molecule has 1 heterocycles. The molecule has 8 nitrogen and oxygen atoms in total. The summed E-state index contributed by atoms with van der Waals surface area (Å²) < 4.78 is 10.3. The molecule has 0 aliphatic carbocycles. The Balaban J connectivity index is 1.88. The highest BCUT2D eigenvalue weighted by molar-refractivity contribution is 6.50. The molecular weight excluding hydrogens is 384 g/mol. The fraction of sp³-hybridized carbons (Fsp3) is 0.158. The van der Waals surface area contributed by atoms with E-state index in [1.165, 1.54) is 6.07 Å². The van der Waals surface area contributed by atoms with Gasteiger partial charge in [0.2, 0.25) is 5.82 Å². The molecule has 0 aliphatic rings. The van der Waals surface area contributed by atoms with Crippen molar-refractivity contribution in [3.05, 3.63) is 64.0 Å². The summed E-state index contributed by atoms with van der Waals surface area (Å²) in [5.74, 6) is 1.21. The molecule has 0 spiro atoms. The first-order chi connectivity index (χ1) is 13.4. The molecule has 0 saturated heterocycles. The van der Waals surface area contributed by atoms with Crippen molar-refractivity contribution >= 4 is 34.1 Å². The lowest BCUT2D eigenvalue weighted by Gasteiger charge is -2.12. The van der Waals surface area contributed by atoms with Crippen LogP contribution in [-0.4, -0.2) is 36.3 Å². The first kappa shape index (κ1) is 19.4. The van der Waals surface area contributed by atoms with E-state index < -0.39 is 4.92 Å². The summed E-state index contributed by atoms with van der Waals surface area (Å²) in [4.78, 5) is 16.8. The van der Waals surface area contributed by atoms with Crippen LogP contribution in [0, 0.1) is 10.1 Å². The Kier molecular flexibility index (Phi) is 5.60. The Morgan fingerprint density at radius 1 is 1.25 bits per heavy atom. The van der Waals surface area contributed by atoms with Gasteiger partial charge >= 0.3 is 0 Å². The second-order valence-corrected chi connectivity index (χ2v) is 6.45. The Bertz CT molecular complexity index is 1030. The van der Waals surface area contributed by atoms with Crippen LogP contribution >= 0.6 is 11.6 Å². The van der Waals surface area contributed by atoms with Crippen LogP contribution in [0.1, 0.15) is 11.5 Å². The Labute approximate surface area is 166 Å². The summed E-state index contributed by atoms with van der Waals surface area (Å²) >= 11 is 6.29. The monoisotopic (exact) mass is 400 g/mol. The molecule has 0 unspecified atom stereocenters. The van der Waals surface area contributed by atoms with Crippen molar-refractivity contribution in [2.75, 3.05) is 26.1 Å². The topological polar surface area (TPSA) is 94.5 Å². The normalized spacial score (nSPS) is 11.4. The van der Waals surface area contributed by atoms with Crippen LogP contribution in [-0.2, 0) is 0 Å². The molecule has 0 N–H and O–H groups in total. The van der Waals surface area contributed by atoms with Gasteiger partial charge in [-0.3, -0.25) is 10.1 Å². The summed E-state index contributed by atoms with van der Waals surface area (Å²) in [5.41, 5.74) is 1.77. The SMILES string of the molecule is COc1ccc(-c2noc(/C(Cl)=C/c3ccc(N(C)C)c([N+](=O)[O-])c3)n2)cc1. The minimum absolute atomic E-state index is 0.0207. The van der Waals surface area contributed by atoms with Crippen LogP contribution in [0.3, 0.4) is 0 Å². The zero-order chi connectivity index (χ0) is 20.3. The number of rotatable bonds is 6. The van der Waals surface area contributed by atoms with Crippen LogP contribution in [0.4, 0.5) is 11.4 Å². The molecule has 144 valence electrons. The van der Waals surface area contributed by atoms with Gasteiger partial charge in [-0.2, -0.15) is 4.98 Å². The molecule has 0 saturated carbocycles. The number of methoxy groups -OCH3 is 1. The second kappa shape index (κ2) is 8.10. The van der Waals surface area contributed by atoms with Crippen molar-refractivity contribution in [2.45, 2.75) is 0 Å². The minimum Gasteiger partial charge on any atom is -0.497 e. The van der Waals surface area contributed by atoms with E-state index in [1.54, 1.807) is 68.6 Å². The van der Waals surface area contributed by atoms with E-state index in [0.717, 1.165) is 5.56 Å². The smallest absolute Gasteiger partial charge is 0.293 e. The van der Waals surface area contributed by atoms with Gasteiger partial charge in [-0.1, -0.05) is 22.8 Å². The van der Waals surface area contributed by atoms with Crippen molar-refractivity contribution in [3.63, 3.8) is 0 Å². The number of hydrogen-bond acceptors (Lipinski definition) is 7. The maximum atomic E-state index is 11.3. The average Bonchev–Trinajstić information content (AvgIpc) is 3.18. The van der Waals surface area contributed by atoms with Gasteiger partial charge in [0.15, 0.2) is 0 Å². The Hall–Kier alpha value is -3.39. The van der Waals surface area contributed by atoms with Gasteiger partial charge < -0.3 is 14.2 Å². The molecule has 0 fully saturated rings. The van der Waals surface area contributed by atoms with Crippen LogP contribution in [0.15, 0.2) is 47.0 Å². The molecule has 9 heteroatoms. The van der Waals surface area contributed by atoms with E-state index in [1.807, 2.05) is 0 Å². The second-order valence-electron chi connectivity index (χ2n) is 6.04. The number of nitrogens with zero attached hydrogens (tertiary/aromatic N) is 4. The van der Waals surface area contributed by atoms with Gasteiger partial charge in [0.1, 0.15) is 16.5 Å². The van der Waals surface area contributed by atoms with E-state index in [9.17, 15) is 10.1 Å². The third-order valence-electron chi connectivity index (χ3n) is 3.95. The van der Waals surface area contributed by atoms with E-state index in [2.05, 4.69) is 10.1 Å². The van der Waals surface area contributed by atoms with E-state index in [4.69, 9.17) is 20.9 Å². The fourth-order valence-electron chi connectivity index (χ4n) is 2.54. The summed E-state index contributed by atoms with van der Waals surface area (Å²) in [6.07, 6.45) is 1.54. The number of nitro benzene ring substituents is 1. The van der Waals surface area contributed by atoms with Crippen molar-refractivity contribution in [1.82, 2.24) is 10.1 Å². The minimum atomic E-state index is -0.435. The average molecular weight is 401 g/mol. The zero-order valence-electron chi connectivity index (χ0n) is 15.4. The van der Waals surface area contributed by atoms with Gasteiger partial charge in [-0.05, 0) is 42.0 Å². The lowest BCUT2D eigenvalue weighted by molar-refractivity contribution is -0.384. The third-order valence-corrected chi connectivity index (χ3v) is 4.22. The lowest BCUT2D eigenvalue weighted by atomic mass is 10.1. The van der Waals surface area contributed by atoms with Crippen molar-refractivity contribution < 1.29 is 14.2 Å². The molecule has 0 amide bonds. The zero-order valence-corrected chi connectivity index (χ0v) is 16.2. The van der Waals surface area contributed by atoms with E-state index in [0.29, 0.717) is 22.8 Å². The predicted molar refractivity (Wildman–Crippen MR) is 107 cm³/mol. The van der Waals surface area contributed by atoms with Crippen LogP contribution < -0.4 is 9.64 Å². The maximum absolute atomic E-state index is 11.3. The molecule has 1 aromatic heterocycles. The number of ether oxygens (including phenoxy) is 1. The molecule has 28 heavy (non-hydrogen) atoms. The molecule has 3 rings (SSSR count). The number of benzene rings is 2. The molecule has 0 atom stereocenters. The van der Waals surface area contributed by atoms with Gasteiger partial charge in [0.05, 0.1) is 12.0 Å². The highest BCUT2D eigenvalue weighted by Crippen LogP contribution is 2.30. The van der Waals surface area contributed by atoms with Crippen molar-refractivity contribution in [3.8, 4) is 17.1 Å². The highest BCUT2D eigenvalue weighted by atomic mass is 35.5. The fourth-order valence-corrected chi connectivity index (χ4v) is 2.74. The summed E-state index contributed by atoms with van der Waals surface area (Å²) in [6, 6.07) is 12.0. The maximum Gasteiger partial charge on any atom is 0.293 e. The number of halogens is 1. The summed E-state index contributed by atoms with van der Waals surface area (Å²) in [5, 5.41) is 15.4. The van der Waals surface area contributed by atoms with Crippen LogP contribution in [0.2, 0.25) is 0 Å². The van der Waals surface area contributed by atoms with Crippen molar-refractivity contribution in [2.24, 2.45) is 0 Å². The number of anilines is 1. The Morgan fingerprint density at radius 2 is 1.96 bits per heavy atom. The summed E-state index contributed by atoms with van der Waals surface area (Å²) in [6.45, 7) is 0. The van der Waals surface area contributed by atoms with Gasteiger partial charge in [0, 0.05) is 25.7 Å². The number of aromatic nitrogens is 2. The molecule has 0 aliphatic heterocycles. The standard InChI is InChI=1S/C19H17ClN4O4/c1-23(2)16-9-4-12(11-17(16)24(25)26)10-15(20)19-21-18(22-28-19)13-5-7-14(27-3)8-6-13/h4-11H,1-3H3/b15-10-. The largest absolute Gasteiger partial charge is 0.497 e. The molecule has 0 radical (unpaired) electrons. The Morgan fingerprint density at radius 3 is 2.57 bits per heavy atom. The van der Waals surface area contributed by atoms with Crippen LogP contribution in [0.25, 0.3) is 22.5 Å². The molecule has 2 aromatic carbocycles. The first-order valence-corrected chi connectivity index (χ1v) is 8.58. The van der Waals surface area contributed by atoms with Crippen molar-refractivity contribution in [1.29, 1.82) is 0 Å². The van der Waals surface area contributed by atoms with Gasteiger partial charge in [-0.15, -0.1) is 0 Å². The lowest BCUT2D eigenvalue weighted by Crippen LogP contribution is -2.10. The highest BCUT2D eigenvalue weighted by Gasteiger charge is 2.17. The molecule has 0 bridgehead atoms. The quantitative estimate of drug-likeness (QED) is 0.445.